The van der Waals surface area contributed by atoms with Gasteiger partial charge in [-0.05, 0) is 35.7 Å². The fraction of sp³-hybridized carbons (Fsp3) is 0.0500. The van der Waals surface area contributed by atoms with Gasteiger partial charge in [-0.2, -0.15) is 5.10 Å². The first kappa shape index (κ1) is 18.7. The van der Waals surface area contributed by atoms with E-state index < -0.39 is 0 Å². The van der Waals surface area contributed by atoms with Crippen LogP contribution >= 0.6 is 11.3 Å². The van der Waals surface area contributed by atoms with Gasteiger partial charge in [0.25, 0.3) is 0 Å². The Kier molecular flexibility index (Phi) is 4.98. The van der Waals surface area contributed by atoms with E-state index in [4.69, 9.17) is 16.7 Å². The number of nitrogens with zero attached hydrogens (tertiary/aromatic N) is 2. The van der Waals surface area contributed by atoms with Crippen molar-refractivity contribution in [3.05, 3.63) is 59.5 Å². The third-order valence-corrected chi connectivity index (χ3v) is 5.33. The van der Waals surface area contributed by atoms with E-state index in [0.717, 1.165) is 38.1 Å². The van der Waals surface area contributed by atoms with Crippen LogP contribution in [0.4, 0.5) is 17.2 Å². The molecule has 2 heterocycles. The van der Waals surface area contributed by atoms with Gasteiger partial charge >= 0.3 is 0 Å². The Morgan fingerprint density at radius 3 is 2.69 bits per heavy atom. The first-order valence-corrected chi connectivity index (χ1v) is 9.67. The Hall–Kier alpha value is -3.69. The highest BCUT2D eigenvalue weighted by molar-refractivity contribution is 7.18. The van der Waals surface area contributed by atoms with Crippen LogP contribution in [0.1, 0.15) is 12.5 Å². The summed E-state index contributed by atoms with van der Waals surface area (Å²) in [5, 5.41) is 13.9. The molecule has 9 heteroatoms. The summed E-state index contributed by atoms with van der Waals surface area (Å²) in [5.74, 6) is 11.9. The van der Waals surface area contributed by atoms with Crippen molar-refractivity contribution in [3.8, 4) is 0 Å². The average molecular weight is 405 g/mol. The quantitative estimate of drug-likeness (QED) is 0.153. The number of rotatable bonds is 4. The van der Waals surface area contributed by atoms with Crippen LogP contribution in [0.5, 0.6) is 0 Å². The van der Waals surface area contributed by atoms with Gasteiger partial charge in [0, 0.05) is 39.3 Å². The molecule has 0 aliphatic heterocycles. The Morgan fingerprint density at radius 2 is 1.93 bits per heavy atom. The lowest BCUT2D eigenvalue weighted by molar-refractivity contribution is -0.114. The third-order valence-electron chi connectivity index (χ3n) is 4.38. The molecule has 7 N–H and O–H groups in total. The molecular formula is C20H19N7OS. The van der Waals surface area contributed by atoms with Crippen molar-refractivity contribution in [2.75, 3.05) is 10.6 Å². The summed E-state index contributed by atoms with van der Waals surface area (Å²) in [5.41, 5.74) is 5.55. The van der Waals surface area contributed by atoms with E-state index in [1.807, 2.05) is 53.9 Å². The number of nitrogens with two attached hydrogens (primary N) is 2. The lowest BCUT2D eigenvalue weighted by Gasteiger charge is -2.12. The number of benzene rings is 2. The maximum Gasteiger partial charge on any atom is 0.221 e. The summed E-state index contributed by atoms with van der Waals surface area (Å²) in [7, 11) is 0. The van der Waals surface area contributed by atoms with Crippen molar-refractivity contribution in [2.24, 2.45) is 16.8 Å². The van der Waals surface area contributed by atoms with Gasteiger partial charge in [-0.15, -0.1) is 11.3 Å². The highest BCUT2D eigenvalue weighted by atomic mass is 32.1. The van der Waals surface area contributed by atoms with Gasteiger partial charge in [-0.25, -0.2) is 10.8 Å². The molecule has 29 heavy (non-hydrogen) atoms. The molecule has 0 radical (unpaired) electrons. The molecule has 0 aliphatic carbocycles. The molecule has 0 saturated carbocycles. The second-order valence-electron chi connectivity index (χ2n) is 6.36. The average Bonchev–Trinajstić information content (AvgIpc) is 3.19. The van der Waals surface area contributed by atoms with Crippen LogP contribution in [-0.4, -0.2) is 16.7 Å². The molecule has 4 aromatic rings. The summed E-state index contributed by atoms with van der Waals surface area (Å²) >= 11 is 1.65. The Bertz CT molecular complexity index is 1250. The van der Waals surface area contributed by atoms with E-state index in [-0.39, 0.29) is 5.91 Å². The second-order valence-corrected chi connectivity index (χ2v) is 7.28. The van der Waals surface area contributed by atoms with Crippen LogP contribution in [-0.2, 0) is 4.79 Å². The van der Waals surface area contributed by atoms with E-state index in [2.05, 4.69) is 21.2 Å². The van der Waals surface area contributed by atoms with Crippen molar-refractivity contribution in [3.63, 3.8) is 0 Å². The van der Waals surface area contributed by atoms with Crippen LogP contribution in [0, 0.1) is 0 Å². The van der Waals surface area contributed by atoms with Crippen molar-refractivity contribution >= 4 is 61.3 Å². The Labute approximate surface area is 170 Å². The molecule has 0 atom stereocenters. The smallest absolute Gasteiger partial charge is 0.221 e. The zero-order valence-electron chi connectivity index (χ0n) is 15.6. The molecule has 0 saturated heterocycles. The van der Waals surface area contributed by atoms with Crippen molar-refractivity contribution in [1.82, 2.24) is 10.4 Å². The highest BCUT2D eigenvalue weighted by Gasteiger charge is 2.12. The summed E-state index contributed by atoms with van der Waals surface area (Å²) < 4.78 is 1.12. The fourth-order valence-electron chi connectivity index (χ4n) is 3.15. The minimum Gasteiger partial charge on any atom is -0.340 e. The number of fused-ring (bicyclic) bond motifs is 3. The molecule has 0 spiro atoms. The molecule has 146 valence electrons. The minimum absolute atomic E-state index is 0.121. The van der Waals surface area contributed by atoms with Crippen LogP contribution in [0.15, 0.2) is 59.0 Å². The van der Waals surface area contributed by atoms with Gasteiger partial charge in [-0.3, -0.25) is 4.79 Å². The summed E-state index contributed by atoms with van der Waals surface area (Å²) in [6.07, 6.45) is 0. The molecule has 8 nitrogen and oxygen atoms in total. The SMILES string of the molecule is CC(=O)Nc1cccc(Nc2nc3cc(/C(=N/N)NN)ccc3c3sccc23)c1. The van der Waals surface area contributed by atoms with Gasteiger partial charge in [0.1, 0.15) is 5.82 Å². The number of carbonyl (C=O) groups is 1. The number of amides is 1. The molecule has 0 unspecified atom stereocenters. The number of hydrazone groups is 1. The van der Waals surface area contributed by atoms with E-state index in [0.29, 0.717) is 11.5 Å². The van der Waals surface area contributed by atoms with Crippen molar-refractivity contribution in [1.29, 1.82) is 0 Å². The van der Waals surface area contributed by atoms with Gasteiger partial charge in [0.05, 0.1) is 5.52 Å². The molecular weight excluding hydrogens is 386 g/mol. The predicted molar refractivity (Wildman–Crippen MR) is 119 cm³/mol. The molecule has 2 aromatic heterocycles. The Balaban J connectivity index is 1.81. The van der Waals surface area contributed by atoms with Crippen LogP contribution in [0.2, 0.25) is 0 Å². The van der Waals surface area contributed by atoms with E-state index >= 15 is 0 Å². The number of anilines is 3. The number of hydrazine groups is 1. The number of aromatic nitrogens is 1. The first-order valence-electron chi connectivity index (χ1n) is 8.79. The normalized spacial score (nSPS) is 11.6. The van der Waals surface area contributed by atoms with Crippen molar-refractivity contribution in [2.45, 2.75) is 6.92 Å². The monoisotopic (exact) mass is 405 g/mol. The number of hydrogen-bond acceptors (Lipinski definition) is 7. The van der Waals surface area contributed by atoms with E-state index in [1.54, 1.807) is 11.3 Å². The van der Waals surface area contributed by atoms with Gasteiger partial charge in [0.2, 0.25) is 5.91 Å². The van der Waals surface area contributed by atoms with E-state index in [1.165, 1.54) is 6.92 Å². The van der Waals surface area contributed by atoms with Gasteiger partial charge < -0.3 is 21.9 Å². The summed E-state index contributed by atoms with van der Waals surface area (Å²) in [6, 6.07) is 15.3. The van der Waals surface area contributed by atoms with Gasteiger partial charge in [0.15, 0.2) is 5.84 Å². The van der Waals surface area contributed by atoms with Gasteiger partial charge in [-0.1, -0.05) is 18.2 Å². The number of pyridine rings is 1. The molecule has 0 aliphatic rings. The third kappa shape index (κ3) is 3.68. The first-order chi connectivity index (χ1) is 14.1. The summed E-state index contributed by atoms with van der Waals surface area (Å²) in [4.78, 5) is 16.1. The van der Waals surface area contributed by atoms with Crippen molar-refractivity contribution < 1.29 is 4.79 Å². The van der Waals surface area contributed by atoms with Crippen LogP contribution in [0.3, 0.4) is 0 Å². The lowest BCUT2D eigenvalue weighted by Crippen LogP contribution is -2.32. The zero-order valence-corrected chi connectivity index (χ0v) is 16.4. The van der Waals surface area contributed by atoms with E-state index in [9.17, 15) is 4.79 Å². The molecule has 4 rings (SSSR count). The standard InChI is InChI=1S/C20H19N7OS/c1-11(28)23-13-3-2-4-14(10-13)24-20-16-7-8-29-18(16)15-6-5-12(9-17(15)25-20)19(26-21)27-22/h2-10H,21-22H2,1H3,(H,23,28)(H,24,25)(H,26,27). The fourth-order valence-corrected chi connectivity index (χ4v) is 4.09. The molecule has 0 fully saturated rings. The number of amidine groups is 1. The minimum atomic E-state index is -0.121. The maximum atomic E-state index is 11.3. The van der Waals surface area contributed by atoms with Crippen LogP contribution < -0.4 is 27.7 Å². The summed E-state index contributed by atoms with van der Waals surface area (Å²) in [6.45, 7) is 1.48. The zero-order chi connectivity index (χ0) is 20.4. The molecule has 0 bridgehead atoms. The number of nitrogens with one attached hydrogen (secondary N) is 3. The lowest BCUT2D eigenvalue weighted by atomic mass is 10.1. The number of carbonyl (C=O) groups excluding carboxylic acids is 1. The Morgan fingerprint density at radius 1 is 1.10 bits per heavy atom. The predicted octanol–water partition coefficient (Wildman–Crippen LogP) is 3.24. The number of hydrogen-bond donors (Lipinski definition) is 5. The molecule has 1 amide bonds. The van der Waals surface area contributed by atoms with Crippen LogP contribution in [0.25, 0.3) is 21.0 Å². The highest BCUT2D eigenvalue weighted by Crippen LogP contribution is 2.35. The topological polar surface area (TPSA) is 130 Å². The number of thiophene rings is 1. The second kappa shape index (κ2) is 7.74. The molecule has 2 aromatic carbocycles. The largest absolute Gasteiger partial charge is 0.340 e. The maximum absolute atomic E-state index is 11.3.